The molecule has 0 amide bonds. The largest absolute Gasteiger partial charge is 0.330 e. The van der Waals surface area contributed by atoms with E-state index in [0.29, 0.717) is 11.8 Å². The van der Waals surface area contributed by atoms with E-state index in [4.69, 9.17) is 5.73 Å². The molecule has 0 radical (unpaired) electrons. The fourth-order valence-electron chi connectivity index (χ4n) is 3.59. The molecule has 2 heterocycles. The summed E-state index contributed by atoms with van der Waals surface area (Å²) in [4.78, 5) is 2.58. The molecule has 4 heteroatoms. The molecule has 3 rings (SSSR count). The van der Waals surface area contributed by atoms with Gasteiger partial charge in [0.25, 0.3) is 0 Å². The number of aryl methyl sites for hydroxylation is 1. The second kappa shape index (κ2) is 7.75. The summed E-state index contributed by atoms with van der Waals surface area (Å²) in [7, 11) is 0. The highest BCUT2D eigenvalue weighted by molar-refractivity contribution is 5.15. The monoisotopic (exact) mass is 312 g/mol. The second-order valence-corrected chi connectivity index (χ2v) is 6.84. The van der Waals surface area contributed by atoms with Gasteiger partial charge in [0.05, 0.1) is 5.69 Å². The summed E-state index contributed by atoms with van der Waals surface area (Å²) in [6, 6.07) is 12.9. The number of piperidine rings is 1. The first kappa shape index (κ1) is 16.2. The van der Waals surface area contributed by atoms with Crippen molar-refractivity contribution in [2.75, 3.05) is 26.2 Å². The minimum absolute atomic E-state index is 0.543. The van der Waals surface area contributed by atoms with Gasteiger partial charge in [0.1, 0.15) is 0 Å². The van der Waals surface area contributed by atoms with E-state index in [-0.39, 0.29) is 0 Å². The van der Waals surface area contributed by atoms with Gasteiger partial charge in [-0.2, -0.15) is 5.10 Å². The van der Waals surface area contributed by atoms with Crippen molar-refractivity contribution in [1.82, 2.24) is 15.1 Å². The lowest BCUT2D eigenvalue weighted by atomic mass is 9.92. The molecule has 1 aromatic heterocycles. The Hall–Kier alpha value is -1.65. The van der Waals surface area contributed by atoms with Crippen molar-refractivity contribution in [3.05, 3.63) is 53.3 Å². The van der Waals surface area contributed by atoms with Crippen molar-refractivity contribution in [1.29, 1.82) is 0 Å². The van der Waals surface area contributed by atoms with Crippen molar-refractivity contribution in [3.63, 3.8) is 0 Å². The molecule has 0 bridgehead atoms. The highest BCUT2D eigenvalue weighted by atomic mass is 15.1. The van der Waals surface area contributed by atoms with Gasteiger partial charge in [-0.05, 0) is 63.4 Å². The number of benzene rings is 1. The Morgan fingerprint density at radius 1 is 1.26 bits per heavy atom. The van der Waals surface area contributed by atoms with Gasteiger partial charge in [0, 0.05) is 18.2 Å². The number of likely N-dealkylation sites (tertiary alicyclic amines) is 1. The zero-order valence-corrected chi connectivity index (χ0v) is 14.0. The summed E-state index contributed by atoms with van der Waals surface area (Å²) in [6.07, 6.45) is 3.48. The van der Waals surface area contributed by atoms with Gasteiger partial charge in [-0.3, -0.25) is 5.10 Å². The summed E-state index contributed by atoms with van der Waals surface area (Å²) in [5.74, 6) is 1.16. The molecular weight excluding hydrogens is 284 g/mol. The Labute approximate surface area is 139 Å². The van der Waals surface area contributed by atoms with Gasteiger partial charge in [-0.25, -0.2) is 0 Å². The molecule has 2 aromatic rings. The lowest BCUT2D eigenvalue weighted by Crippen LogP contribution is -2.39. The molecule has 4 nitrogen and oxygen atoms in total. The Bertz CT molecular complexity index is 584. The third kappa shape index (κ3) is 4.43. The van der Waals surface area contributed by atoms with Crippen LogP contribution in [0.15, 0.2) is 36.4 Å². The van der Waals surface area contributed by atoms with Gasteiger partial charge in [-0.15, -0.1) is 0 Å². The Kier molecular flexibility index (Phi) is 5.47. The molecule has 3 N–H and O–H groups in total. The maximum atomic E-state index is 6.02. The molecule has 0 aliphatic carbocycles. The zero-order chi connectivity index (χ0) is 16.1. The molecule has 0 saturated carbocycles. The molecule has 124 valence electrons. The van der Waals surface area contributed by atoms with Crippen molar-refractivity contribution in [3.8, 4) is 0 Å². The number of nitrogens with two attached hydrogens (primary N) is 1. The van der Waals surface area contributed by atoms with Crippen LogP contribution in [0, 0.1) is 12.8 Å². The van der Waals surface area contributed by atoms with E-state index in [9.17, 15) is 0 Å². The predicted octanol–water partition coefficient (Wildman–Crippen LogP) is 2.72. The second-order valence-electron chi connectivity index (χ2n) is 6.84. The summed E-state index contributed by atoms with van der Waals surface area (Å²) in [5, 5.41) is 7.50. The summed E-state index contributed by atoms with van der Waals surface area (Å²) >= 11 is 0. The molecular formula is C19H28N4. The van der Waals surface area contributed by atoms with Crippen molar-refractivity contribution in [2.24, 2.45) is 11.7 Å². The highest BCUT2D eigenvalue weighted by Gasteiger charge is 2.23. The molecule has 23 heavy (non-hydrogen) atoms. The van der Waals surface area contributed by atoms with Crippen LogP contribution in [0.5, 0.6) is 0 Å². The van der Waals surface area contributed by atoms with E-state index in [1.54, 1.807) is 0 Å². The Morgan fingerprint density at radius 2 is 2.00 bits per heavy atom. The van der Waals surface area contributed by atoms with E-state index in [0.717, 1.165) is 38.3 Å². The number of rotatable bonds is 6. The number of aromatic nitrogens is 2. The van der Waals surface area contributed by atoms with Crippen LogP contribution >= 0.6 is 0 Å². The number of nitrogens with one attached hydrogen (secondary N) is 1. The first-order chi connectivity index (χ1) is 11.2. The van der Waals surface area contributed by atoms with Crippen LogP contribution in [0.1, 0.15) is 35.7 Å². The van der Waals surface area contributed by atoms with Crippen LogP contribution < -0.4 is 5.73 Å². The fourth-order valence-corrected chi connectivity index (χ4v) is 3.59. The average Bonchev–Trinajstić information content (AvgIpc) is 3.02. The predicted molar refractivity (Wildman–Crippen MR) is 94.4 cm³/mol. The molecule has 1 atom stereocenters. The topological polar surface area (TPSA) is 57.9 Å². The number of nitrogens with zero attached hydrogens (tertiary/aromatic N) is 2. The third-order valence-electron chi connectivity index (χ3n) is 4.95. The number of aromatic amines is 1. The van der Waals surface area contributed by atoms with E-state index in [2.05, 4.69) is 58.4 Å². The minimum Gasteiger partial charge on any atom is -0.330 e. The lowest BCUT2D eigenvalue weighted by Gasteiger charge is -2.33. The molecule has 1 aromatic carbocycles. The minimum atomic E-state index is 0.543. The number of hydrogen-bond acceptors (Lipinski definition) is 3. The Morgan fingerprint density at radius 3 is 2.61 bits per heavy atom. The summed E-state index contributed by atoms with van der Waals surface area (Å²) in [6.45, 7) is 6.25. The normalized spacial score (nSPS) is 18.2. The standard InChI is InChI=1S/C19H28N4/c1-15-11-19(22-21-15)18-7-9-23(10-8-18)14-17(13-20)12-16-5-3-2-4-6-16/h2-6,11,17-18H,7-10,12-14,20H2,1H3,(H,21,22). The van der Waals surface area contributed by atoms with Gasteiger partial charge >= 0.3 is 0 Å². The van der Waals surface area contributed by atoms with Gasteiger partial charge in [0.15, 0.2) is 0 Å². The SMILES string of the molecule is Cc1cc(C2CCN(CC(CN)Cc3ccccc3)CC2)n[nH]1. The number of hydrogen-bond donors (Lipinski definition) is 2. The Balaban J connectivity index is 1.49. The first-order valence-corrected chi connectivity index (χ1v) is 8.73. The van der Waals surface area contributed by atoms with Gasteiger partial charge in [0.2, 0.25) is 0 Å². The van der Waals surface area contributed by atoms with Crippen LogP contribution in [0.4, 0.5) is 0 Å². The number of H-pyrrole nitrogens is 1. The van der Waals surface area contributed by atoms with E-state index in [1.807, 2.05) is 0 Å². The molecule has 1 saturated heterocycles. The first-order valence-electron chi connectivity index (χ1n) is 8.73. The van der Waals surface area contributed by atoms with Crippen LogP contribution in [-0.2, 0) is 6.42 Å². The summed E-state index contributed by atoms with van der Waals surface area (Å²) in [5.41, 5.74) is 9.81. The van der Waals surface area contributed by atoms with Crippen molar-refractivity contribution < 1.29 is 0 Å². The smallest absolute Gasteiger partial charge is 0.0656 e. The van der Waals surface area contributed by atoms with Crippen LogP contribution in [0.2, 0.25) is 0 Å². The van der Waals surface area contributed by atoms with Crippen molar-refractivity contribution in [2.45, 2.75) is 32.1 Å². The highest BCUT2D eigenvalue weighted by Crippen LogP contribution is 2.27. The maximum absolute atomic E-state index is 6.02. The van der Waals surface area contributed by atoms with Gasteiger partial charge in [-0.1, -0.05) is 30.3 Å². The van der Waals surface area contributed by atoms with E-state index in [1.165, 1.54) is 24.1 Å². The van der Waals surface area contributed by atoms with Gasteiger partial charge < -0.3 is 10.6 Å². The average molecular weight is 312 g/mol. The maximum Gasteiger partial charge on any atom is 0.0656 e. The molecule has 0 spiro atoms. The molecule has 1 fully saturated rings. The van der Waals surface area contributed by atoms with Crippen molar-refractivity contribution >= 4 is 0 Å². The zero-order valence-electron chi connectivity index (χ0n) is 14.0. The molecule has 1 aliphatic heterocycles. The van der Waals surface area contributed by atoms with E-state index >= 15 is 0 Å². The van der Waals surface area contributed by atoms with E-state index < -0.39 is 0 Å². The molecule has 1 aliphatic rings. The fraction of sp³-hybridized carbons (Fsp3) is 0.526. The quantitative estimate of drug-likeness (QED) is 0.862. The van der Waals surface area contributed by atoms with Crippen LogP contribution in [0.25, 0.3) is 0 Å². The van der Waals surface area contributed by atoms with Crippen LogP contribution in [-0.4, -0.2) is 41.3 Å². The third-order valence-corrected chi connectivity index (χ3v) is 4.95. The molecule has 1 unspecified atom stereocenters. The van der Waals surface area contributed by atoms with Crippen LogP contribution in [0.3, 0.4) is 0 Å². The lowest BCUT2D eigenvalue weighted by molar-refractivity contribution is 0.182. The summed E-state index contributed by atoms with van der Waals surface area (Å²) < 4.78 is 0.